The third-order valence-electron chi connectivity index (χ3n) is 4.09. The lowest BCUT2D eigenvalue weighted by Gasteiger charge is -2.36. The van der Waals surface area contributed by atoms with Gasteiger partial charge in [0.25, 0.3) is 0 Å². The van der Waals surface area contributed by atoms with Gasteiger partial charge in [0.05, 0.1) is 6.10 Å². The average molecular weight is 200 g/mol. The Morgan fingerprint density at radius 2 is 1.57 bits per heavy atom. The molecule has 1 nitrogen and oxygen atoms in total. The first kappa shape index (κ1) is 10.4. The fraction of sp³-hybridized carbons (Fsp3) is 1.00. The molecule has 0 aliphatic heterocycles. The average Bonchev–Trinajstić information content (AvgIpc) is 2.23. The predicted molar refractivity (Wildman–Crippen MR) is 54.8 cm³/mol. The lowest BCUT2D eigenvalue weighted by molar-refractivity contribution is 0.00448. The molecule has 0 heterocycles. The molecule has 2 fully saturated rings. The van der Waals surface area contributed by atoms with Crippen molar-refractivity contribution in [2.75, 3.05) is 0 Å². The Bertz CT molecular complexity index is 177. The SMILES string of the molecule is OC1CC(C2CCCCC2)CCC1F. The van der Waals surface area contributed by atoms with Gasteiger partial charge >= 0.3 is 0 Å². The Hall–Kier alpha value is -0.110. The summed E-state index contributed by atoms with van der Waals surface area (Å²) in [7, 11) is 0. The first-order valence-electron chi connectivity index (χ1n) is 6.09. The molecule has 3 atom stereocenters. The van der Waals surface area contributed by atoms with Gasteiger partial charge in [-0.2, -0.15) is 0 Å². The zero-order valence-corrected chi connectivity index (χ0v) is 8.79. The molecule has 82 valence electrons. The molecule has 2 rings (SSSR count). The molecule has 3 unspecified atom stereocenters. The van der Waals surface area contributed by atoms with E-state index in [0.717, 1.165) is 12.3 Å². The van der Waals surface area contributed by atoms with Gasteiger partial charge in [-0.3, -0.25) is 0 Å². The van der Waals surface area contributed by atoms with Gasteiger partial charge in [0.15, 0.2) is 0 Å². The van der Waals surface area contributed by atoms with Crippen LogP contribution in [0.1, 0.15) is 51.4 Å². The van der Waals surface area contributed by atoms with Crippen LogP contribution in [0.3, 0.4) is 0 Å². The van der Waals surface area contributed by atoms with Crippen LogP contribution in [0.15, 0.2) is 0 Å². The molecule has 0 aromatic rings. The topological polar surface area (TPSA) is 20.2 Å². The minimum atomic E-state index is -0.949. The van der Waals surface area contributed by atoms with Crippen LogP contribution in [-0.2, 0) is 0 Å². The van der Waals surface area contributed by atoms with Crippen LogP contribution in [-0.4, -0.2) is 17.4 Å². The van der Waals surface area contributed by atoms with Crippen LogP contribution in [0, 0.1) is 11.8 Å². The summed E-state index contributed by atoms with van der Waals surface area (Å²) in [6.07, 6.45) is 7.37. The highest BCUT2D eigenvalue weighted by Gasteiger charge is 2.33. The van der Waals surface area contributed by atoms with Gasteiger partial charge in [0.1, 0.15) is 6.17 Å². The zero-order chi connectivity index (χ0) is 9.97. The fourth-order valence-corrected chi connectivity index (χ4v) is 3.18. The second kappa shape index (κ2) is 4.61. The Morgan fingerprint density at radius 3 is 2.21 bits per heavy atom. The van der Waals surface area contributed by atoms with E-state index in [2.05, 4.69) is 0 Å². The summed E-state index contributed by atoms with van der Waals surface area (Å²) >= 11 is 0. The van der Waals surface area contributed by atoms with E-state index in [9.17, 15) is 9.50 Å². The number of aliphatic hydroxyl groups is 1. The molecule has 0 spiro atoms. The number of hydrogen-bond donors (Lipinski definition) is 1. The van der Waals surface area contributed by atoms with Gasteiger partial charge in [0, 0.05) is 0 Å². The van der Waals surface area contributed by atoms with Crippen molar-refractivity contribution in [1.29, 1.82) is 0 Å². The Balaban J connectivity index is 1.85. The van der Waals surface area contributed by atoms with E-state index in [1.54, 1.807) is 0 Å². The molecule has 14 heavy (non-hydrogen) atoms. The highest BCUT2D eigenvalue weighted by molar-refractivity contribution is 4.84. The van der Waals surface area contributed by atoms with E-state index in [-0.39, 0.29) is 0 Å². The number of rotatable bonds is 1. The molecular formula is C12H21FO. The van der Waals surface area contributed by atoms with Crippen LogP contribution < -0.4 is 0 Å². The summed E-state index contributed by atoms with van der Waals surface area (Å²) in [5, 5.41) is 9.50. The Kier molecular flexibility index (Phi) is 3.42. The fourth-order valence-electron chi connectivity index (χ4n) is 3.18. The highest BCUT2D eigenvalue weighted by atomic mass is 19.1. The van der Waals surface area contributed by atoms with Gasteiger partial charge in [-0.25, -0.2) is 4.39 Å². The predicted octanol–water partition coefficient (Wildman–Crippen LogP) is 3.07. The van der Waals surface area contributed by atoms with Gasteiger partial charge in [0.2, 0.25) is 0 Å². The van der Waals surface area contributed by atoms with E-state index in [0.29, 0.717) is 18.8 Å². The van der Waals surface area contributed by atoms with Crippen molar-refractivity contribution < 1.29 is 9.50 Å². The minimum absolute atomic E-state index is 0.586. The van der Waals surface area contributed by atoms with Crippen LogP contribution in [0.25, 0.3) is 0 Å². The summed E-state index contributed by atoms with van der Waals surface area (Å²) in [5.41, 5.74) is 0. The van der Waals surface area contributed by atoms with Crippen LogP contribution in [0.2, 0.25) is 0 Å². The van der Waals surface area contributed by atoms with Crippen molar-refractivity contribution in [2.24, 2.45) is 11.8 Å². The third kappa shape index (κ3) is 2.28. The van der Waals surface area contributed by atoms with Crippen molar-refractivity contribution in [1.82, 2.24) is 0 Å². The normalized spacial score (nSPS) is 41.1. The van der Waals surface area contributed by atoms with Crippen molar-refractivity contribution in [3.8, 4) is 0 Å². The van der Waals surface area contributed by atoms with Gasteiger partial charge in [-0.1, -0.05) is 32.1 Å². The standard InChI is InChI=1S/C12H21FO/c13-11-7-6-10(8-12(11)14)9-4-2-1-3-5-9/h9-12,14H,1-8H2. The summed E-state index contributed by atoms with van der Waals surface area (Å²) in [6.45, 7) is 0. The zero-order valence-electron chi connectivity index (χ0n) is 8.79. The van der Waals surface area contributed by atoms with Crippen molar-refractivity contribution in [3.05, 3.63) is 0 Å². The first-order valence-corrected chi connectivity index (χ1v) is 6.09. The third-order valence-corrected chi connectivity index (χ3v) is 4.09. The number of alkyl halides is 1. The van der Waals surface area contributed by atoms with E-state index in [1.165, 1.54) is 32.1 Å². The quantitative estimate of drug-likeness (QED) is 0.689. The first-order chi connectivity index (χ1) is 6.77. The molecule has 2 aliphatic carbocycles. The molecular weight excluding hydrogens is 179 g/mol. The van der Waals surface area contributed by atoms with Crippen molar-refractivity contribution in [2.45, 2.75) is 63.6 Å². The lowest BCUT2D eigenvalue weighted by Crippen LogP contribution is -2.34. The molecule has 2 aliphatic rings. The minimum Gasteiger partial charge on any atom is -0.390 e. The molecule has 0 bridgehead atoms. The molecule has 0 aromatic heterocycles. The molecule has 0 aromatic carbocycles. The monoisotopic (exact) mass is 200 g/mol. The van der Waals surface area contributed by atoms with Crippen LogP contribution in [0.4, 0.5) is 4.39 Å². The molecule has 0 saturated heterocycles. The molecule has 1 N–H and O–H groups in total. The highest BCUT2D eigenvalue weighted by Crippen LogP contribution is 2.38. The van der Waals surface area contributed by atoms with E-state index in [1.807, 2.05) is 0 Å². The maximum Gasteiger partial charge on any atom is 0.126 e. The van der Waals surface area contributed by atoms with E-state index < -0.39 is 12.3 Å². The molecule has 2 saturated carbocycles. The van der Waals surface area contributed by atoms with Crippen molar-refractivity contribution >= 4 is 0 Å². The lowest BCUT2D eigenvalue weighted by atomic mass is 9.72. The van der Waals surface area contributed by atoms with Gasteiger partial charge in [-0.05, 0) is 31.1 Å². The number of aliphatic hydroxyl groups excluding tert-OH is 1. The van der Waals surface area contributed by atoms with E-state index in [4.69, 9.17) is 0 Å². The number of hydrogen-bond acceptors (Lipinski definition) is 1. The van der Waals surface area contributed by atoms with Crippen LogP contribution in [0.5, 0.6) is 0 Å². The van der Waals surface area contributed by atoms with Gasteiger partial charge < -0.3 is 5.11 Å². The Morgan fingerprint density at radius 1 is 0.857 bits per heavy atom. The second-order valence-electron chi connectivity index (χ2n) is 5.05. The maximum absolute atomic E-state index is 13.1. The maximum atomic E-state index is 13.1. The van der Waals surface area contributed by atoms with E-state index >= 15 is 0 Å². The summed E-state index contributed by atoms with van der Waals surface area (Å²) < 4.78 is 13.1. The molecule has 0 amide bonds. The largest absolute Gasteiger partial charge is 0.390 e. The summed E-state index contributed by atoms with van der Waals surface area (Å²) in [6, 6.07) is 0. The van der Waals surface area contributed by atoms with Crippen molar-refractivity contribution in [3.63, 3.8) is 0 Å². The molecule has 2 heteroatoms. The summed E-state index contributed by atoms with van der Waals surface area (Å²) in [4.78, 5) is 0. The van der Waals surface area contributed by atoms with Gasteiger partial charge in [-0.15, -0.1) is 0 Å². The number of halogens is 1. The molecule has 0 radical (unpaired) electrons. The summed E-state index contributed by atoms with van der Waals surface area (Å²) in [5.74, 6) is 1.39. The van der Waals surface area contributed by atoms with Crippen LogP contribution >= 0.6 is 0 Å². The Labute approximate surface area is 85.7 Å². The smallest absolute Gasteiger partial charge is 0.126 e. The second-order valence-corrected chi connectivity index (χ2v) is 5.05.